The molecule has 0 aliphatic carbocycles. The number of carbonyl (C=O) groups excluding carboxylic acids is 1. The third-order valence-corrected chi connectivity index (χ3v) is 13.0. The van der Waals surface area contributed by atoms with Gasteiger partial charge in [0.2, 0.25) is 5.91 Å². The minimum Gasteiger partial charge on any atom is -0.756 e. The van der Waals surface area contributed by atoms with Crippen LogP contribution in [0, 0.1) is 0 Å². The number of hydrogen-bond donors (Lipinski definition) is 2. The van der Waals surface area contributed by atoms with E-state index in [1.165, 1.54) is 180 Å². The molecule has 376 valence electrons. The van der Waals surface area contributed by atoms with Gasteiger partial charge in [0, 0.05) is 6.42 Å². The Balaban J connectivity index is 4.29. The van der Waals surface area contributed by atoms with Gasteiger partial charge in [-0.25, -0.2) is 0 Å². The quantitative estimate of drug-likeness (QED) is 0.0272. The molecule has 2 N–H and O–H groups in total. The maximum Gasteiger partial charge on any atom is 0.268 e. The van der Waals surface area contributed by atoms with Crippen LogP contribution in [0.2, 0.25) is 0 Å². The Hall–Kier alpha value is -1.54. The van der Waals surface area contributed by atoms with Crippen molar-refractivity contribution in [2.24, 2.45) is 0 Å². The van der Waals surface area contributed by atoms with E-state index in [1.807, 2.05) is 27.2 Å². The Morgan fingerprint density at radius 2 is 0.922 bits per heavy atom. The maximum atomic E-state index is 12.9. The van der Waals surface area contributed by atoms with Crippen LogP contribution in [-0.2, 0) is 18.4 Å². The molecule has 0 radical (unpaired) electrons. The highest BCUT2D eigenvalue weighted by molar-refractivity contribution is 7.45. The van der Waals surface area contributed by atoms with E-state index in [-0.39, 0.29) is 12.5 Å². The van der Waals surface area contributed by atoms with Crippen LogP contribution in [0.3, 0.4) is 0 Å². The lowest BCUT2D eigenvalue weighted by Crippen LogP contribution is -2.45. The highest BCUT2D eigenvalue weighted by Crippen LogP contribution is 2.38. The number of carbonyl (C=O) groups is 1. The molecule has 0 aliphatic heterocycles. The van der Waals surface area contributed by atoms with E-state index in [0.717, 1.165) is 44.9 Å². The standard InChI is InChI=1S/C55H105N2O6P/c1-6-8-10-12-14-16-18-20-22-24-25-26-27-28-29-30-31-33-35-37-39-41-43-45-47-49-55(59)56-53(52-63-64(60,61)62-51-50-57(3,4)5)54(58)48-46-44-42-40-38-36-34-32-23-21-19-17-15-13-11-9-7-2/h25-26,28-29,38,40,46,48,53-54,58H,6-24,27,30-37,39,41-45,47,49-52H2,1-5H3,(H-,56,59,60,61)/b26-25-,29-28-,40-38+,48-46+. The number of nitrogens with one attached hydrogen (secondary N) is 1. The number of phosphoric ester groups is 1. The van der Waals surface area contributed by atoms with E-state index in [9.17, 15) is 19.4 Å². The number of allylic oxidation sites excluding steroid dienone is 7. The van der Waals surface area contributed by atoms with E-state index in [4.69, 9.17) is 9.05 Å². The normalized spacial score (nSPS) is 14.4. The van der Waals surface area contributed by atoms with Crippen LogP contribution in [0.4, 0.5) is 0 Å². The zero-order chi connectivity index (χ0) is 47.1. The first-order valence-corrected chi connectivity index (χ1v) is 28.5. The van der Waals surface area contributed by atoms with Crippen LogP contribution in [-0.4, -0.2) is 68.5 Å². The van der Waals surface area contributed by atoms with Crippen LogP contribution < -0.4 is 10.2 Å². The van der Waals surface area contributed by atoms with Crippen molar-refractivity contribution in [3.05, 3.63) is 48.6 Å². The molecule has 0 rings (SSSR count). The number of amides is 1. The second-order valence-corrected chi connectivity index (χ2v) is 21.0. The minimum absolute atomic E-state index is 0.00805. The molecular weight excluding hydrogens is 816 g/mol. The van der Waals surface area contributed by atoms with E-state index < -0.39 is 26.6 Å². The summed E-state index contributed by atoms with van der Waals surface area (Å²) in [5.74, 6) is -0.211. The third-order valence-electron chi connectivity index (χ3n) is 12.0. The fourth-order valence-electron chi connectivity index (χ4n) is 7.73. The lowest BCUT2D eigenvalue weighted by atomic mass is 10.0. The molecule has 3 unspecified atom stereocenters. The summed E-state index contributed by atoms with van der Waals surface area (Å²) in [5.41, 5.74) is 0. The molecule has 3 atom stereocenters. The summed E-state index contributed by atoms with van der Waals surface area (Å²) in [4.78, 5) is 25.4. The monoisotopic (exact) mass is 921 g/mol. The first kappa shape index (κ1) is 62.5. The predicted octanol–water partition coefficient (Wildman–Crippen LogP) is 15.3. The van der Waals surface area contributed by atoms with Crippen LogP contribution >= 0.6 is 7.82 Å². The molecule has 0 heterocycles. The summed E-state index contributed by atoms with van der Waals surface area (Å²) in [6.45, 7) is 4.64. The van der Waals surface area contributed by atoms with Gasteiger partial charge in [0.25, 0.3) is 7.82 Å². The number of hydrogen-bond acceptors (Lipinski definition) is 6. The van der Waals surface area contributed by atoms with Crippen LogP contribution in [0.5, 0.6) is 0 Å². The molecule has 64 heavy (non-hydrogen) atoms. The lowest BCUT2D eigenvalue weighted by Gasteiger charge is -2.29. The largest absolute Gasteiger partial charge is 0.756 e. The topological polar surface area (TPSA) is 108 Å². The Morgan fingerprint density at radius 3 is 1.36 bits per heavy atom. The number of aliphatic hydroxyl groups excluding tert-OH is 1. The number of aliphatic hydroxyl groups is 1. The number of quaternary nitrogens is 1. The first-order valence-electron chi connectivity index (χ1n) is 27.0. The van der Waals surface area contributed by atoms with E-state index >= 15 is 0 Å². The molecule has 0 spiro atoms. The Labute approximate surface area is 397 Å². The summed E-state index contributed by atoms with van der Waals surface area (Å²) in [7, 11) is 1.24. The van der Waals surface area contributed by atoms with Crippen molar-refractivity contribution in [3.8, 4) is 0 Å². The van der Waals surface area contributed by atoms with Gasteiger partial charge in [0.1, 0.15) is 13.2 Å². The van der Waals surface area contributed by atoms with Gasteiger partial charge in [0.15, 0.2) is 0 Å². The third kappa shape index (κ3) is 48.4. The summed E-state index contributed by atoms with van der Waals surface area (Å²) < 4.78 is 23.3. The molecule has 0 aromatic heterocycles. The van der Waals surface area contributed by atoms with E-state index in [2.05, 4.69) is 55.6 Å². The van der Waals surface area contributed by atoms with Gasteiger partial charge in [-0.15, -0.1) is 0 Å². The summed E-state index contributed by atoms with van der Waals surface area (Å²) >= 11 is 0. The second kappa shape index (κ2) is 46.6. The number of unbranched alkanes of at least 4 members (excludes halogenated alkanes) is 30. The molecular formula is C55H105N2O6P. The van der Waals surface area contributed by atoms with Gasteiger partial charge in [0.05, 0.1) is 39.9 Å². The highest BCUT2D eigenvalue weighted by Gasteiger charge is 2.23. The van der Waals surface area contributed by atoms with E-state index in [0.29, 0.717) is 17.4 Å². The Morgan fingerprint density at radius 1 is 0.547 bits per heavy atom. The smallest absolute Gasteiger partial charge is 0.268 e. The van der Waals surface area contributed by atoms with Crippen LogP contribution in [0.25, 0.3) is 0 Å². The molecule has 9 heteroatoms. The van der Waals surface area contributed by atoms with Gasteiger partial charge >= 0.3 is 0 Å². The molecule has 0 bridgehead atoms. The SMILES string of the molecule is CCCCCCCCCCC/C=C\C/C=C\CCCCCCCCCCCC(=O)NC(COP(=O)([O-])OCC[N+](C)(C)C)C(O)/C=C/CC/C=C/CCCCCCCCCCCCC. The predicted molar refractivity (Wildman–Crippen MR) is 274 cm³/mol. The second-order valence-electron chi connectivity index (χ2n) is 19.6. The number of rotatable bonds is 49. The lowest BCUT2D eigenvalue weighted by molar-refractivity contribution is -0.870. The molecule has 0 aromatic carbocycles. The van der Waals surface area contributed by atoms with Crippen molar-refractivity contribution >= 4 is 13.7 Å². The van der Waals surface area contributed by atoms with E-state index in [1.54, 1.807) is 6.08 Å². The summed E-state index contributed by atoms with van der Waals surface area (Å²) in [6, 6.07) is -0.906. The van der Waals surface area contributed by atoms with Crippen molar-refractivity contribution < 1.29 is 32.9 Å². The molecule has 1 amide bonds. The zero-order valence-corrected chi connectivity index (χ0v) is 43.6. The van der Waals surface area contributed by atoms with Crippen molar-refractivity contribution in [1.82, 2.24) is 5.32 Å². The fraction of sp³-hybridized carbons (Fsp3) is 0.836. The Kier molecular flexibility index (Phi) is 45.4. The molecule has 0 saturated heterocycles. The molecule has 8 nitrogen and oxygen atoms in total. The molecule has 0 saturated carbocycles. The molecule has 0 fully saturated rings. The van der Waals surface area contributed by atoms with Crippen molar-refractivity contribution in [2.45, 2.75) is 257 Å². The van der Waals surface area contributed by atoms with Gasteiger partial charge in [-0.3, -0.25) is 9.36 Å². The zero-order valence-electron chi connectivity index (χ0n) is 42.7. The van der Waals surface area contributed by atoms with Gasteiger partial charge < -0.3 is 28.8 Å². The van der Waals surface area contributed by atoms with Gasteiger partial charge in [-0.05, 0) is 64.2 Å². The Bertz CT molecular complexity index is 1180. The molecule has 0 aromatic rings. The number of phosphoric acid groups is 1. The summed E-state index contributed by atoms with van der Waals surface area (Å²) in [5, 5.41) is 13.8. The van der Waals surface area contributed by atoms with Gasteiger partial charge in [-0.2, -0.15) is 0 Å². The van der Waals surface area contributed by atoms with Gasteiger partial charge in [-0.1, -0.05) is 223 Å². The summed E-state index contributed by atoms with van der Waals surface area (Å²) in [6.07, 6.45) is 60.3. The van der Waals surface area contributed by atoms with Crippen molar-refractivity contribution in [1.29, 1.82) is 0 Å². The fourth-order valence-corrected chi connectivity index (χ4v) is 8.45. The first-order chi connectivity index (χ1) is 31.0. The van der Waals surface area contributed by atoms with Crippen molar-refractivity contribution in [3.63, 3.8) is 0 Å². The number of likely N-dealkylation sites (N-methyl/N-ethyl adjacent to an activating group) is 1. The maximum absolute atomic E-state index is 12.9. The average Bonchev–Trinajstić information content (AvgIpc) is 3.25. The minimum atomic E-state index is -4.60. The van der Waals surface area contributed by atoms with Crippen LogP contribution in [0.15, 0.2) is 48.6 Å². The average molecular weight is 921 g/mol. The molecule has 0 aliphatic rings. The van der Waals surface area contributed by atoms with Crippen LogP contribution in [0.1, 0.15) is 245 Å². The van der Waals surface area contributed by atoms with Crippen molar-refractivity contribution in [2.75, 3.05) is 40.9 Å². The highest BCUT2D eigenvalue weighted by atomic mass is 31.2. The number of nitrogens with zero attached hydrogens (tertiary/aromatic N) is 1.